The second kappa shape index (κ2) is 9.58. The van der Waals surface area contributed by atoms with Gasteiger partial charge >= 0.3 is 0 Å². The molecule has 3 aromatic carbocycles. The van der Waals surface area contributed by atoms with Crippen molar-refractivity contribution in [1.82, 2.24) is 13.9 Å². The van der Waals surface area contributed by atoms with Crippen molar-refractivity contribution in [3.05, 3.63) is 94.0 Å². The molecule has 4 rings (SSSR count). The van der Waals surface area contributed by atoms with Crippen LogP contribution in [-0.2, 0) is 10.0 Å². The van der Waals surface area contributed by atoms with E-state index in [9.17, 15) is 13.2 Å². The zero-order valence-corrected chi connectivity index (χ0v) is 20.5. The van der Waals surface area contributed by atoms with Crippen molar-refractivity contribution < 1.29 is 13.2 Å². The number of ether oxygens (including phenoxy) is 1. The Bertz CT molecular complexity index is 1500. The van der Waals surface area contributed by atoms with Crippen LogP contribution in [0.25, 0.3) is 16.6 Å². The lowest BCUT2D eigenvalue weighted by Crippen LogP contribution is -2.35. The average Bonchev–Trinajstić information content (AvgIpc) is 2.84. The van der Waals surface area contributed by atoms with Crippen LogP contribution in [0, 0.1) is 0 Å². The minimum atomic E-state index is -3.90. The molecular formula is C25H24ClN3O4S. The smallest absolute Gasteiger partial charge is 0.266 e. The summed E-state index contributed by atoms with van der Waals surface area (Å²) in [6, 6.07) is 19.3. The van der Waals surface area contributed by atoms with Gasteiger partial charge in [0.05, 0.1) is 34.1 Å². The third-order valence-electron chi connectivity index (χ3n) is 5.62. The quantitative estimate of drug-likeness (QED) is 0.365. The summed E-state index contributed by atoms with van der Waals surface area (Å²) < 4.78 is 35.1. The summed E-state index contributed by atoms with van der Waals surface area (Å²) in [7, 11) is -2.43. The number of aromatic nitrogens is 2. The van der Waals surface area contributed by atoms with Crippen LogP contribution in [0.15, 0.2) is 82.5 Å². The first-order chi connectivity index (χ1) is 16.3. The van der Waals surface area contributed by atoms with Crippen molar-refractivity contribution in [1.29, 1.82) is 0 Å². The molecular weight excluding hydrogens is 474 g/mol. The fourth-order valence-electron chi connectivity index (χ4n) is 3.73. The highest BCUT2D eigenvalue weighted by atomic mass is 35.5. The summed E-state index contributed by atoms with van der Waals surface area (Å²) in [5.41, 5.74) is 0.667. The highest BCUT2D eigenvalue weighted by Crippen LogP contribution is 2.30. The summed E-state index contributed by atoms with van der Waals surface area (Å²) in [5.74, 6) is 0.775. The van der Waals surface area contributed by atoms with Crippen LogP contribution in [0.4, 0.5) is 0 Å². The Hall–Kier alpha value is -3.20. The van der Waals surface area contributed by atoms with Crippen molar-refractivity contribution in [3.63, 3.8) is 0 Å². The maximum absolute atomic E-state index is 13.7. The first kappa shape index (κ1) is 23.9. The van der Waals surface area contributed by atoms with E-state index < -0.39 is 16.1 Å². The maximum atomic E-state index is 13.7. The molecule has 0 amide bonds. The van der Waals surface area contributed by atoms with Crippen molar-refractivity contribution in [2.24, 2.45) is 0 Å². The van der Waals surface area contributed by atoms with Gasteiger partial charge in [-0.05, 0) is 62.4 Å². The van der Waals surface area contributed by atoms with E-state index in [-0.39, 0.29) is 16.3 Å². The molecule has 1 unspecified atom stereocenters. The molecule has 0 N–H and O–H groups in total. The summed E-state index contributed by atoms with van der Waals surface area (Å²) in [5, 5.41) is 0.861. The summed E-state index contributed by atoms with van der Waals surface area (Å²) >= 11 is 5.93. The van der Waals surface area contributed by atoms with Crippen LogP contribution >= 0.6 is 11.6 Å². The van der Waals surface area contributed by atoms with Gasteiger partial charge in [0, 0.05) is 12.1 Å². The summed E-state index contributed by atoms with van der Waals surface area (Å²) in [6.45, 7) is 3.96. The Morgan fingerprint density at radius 1 is 1.03 bits per heavy atom. The minimum absolute atomic E-state index is 0.0932. The van der Waals surface area contributed by atoms with Crippen LogP contribution in [0.1, 0.15) is 25.7 Å². The number of benzene rings is 3. The Kier molecular flexibility index (Phi) is 6.74. The molecule has 176 valence electrons. The third kappa shape index (κ3) is 4.32. The van der Waals surface area contributed by atoms with Gasteiger partial charge in [-0.1, -0.05) is 35.9 Å². The number of hydrogen-bond donors (Lipinski definition) is 0. The van der Waals surface area contributed by atoms with Gasteiger partial charge in [0.2, 0.25) is 10.0 Å². The molecule has 0 aliphatic heterocycles. The van der Waals surface area contributed by atoms with E-state index in [2.05, 4.69) is 0 Å². The SMILES string of the molecule is CCOc1ccccc1-n1c(C(C)N(C)S(=O)(=O)c2ccc(Cl)cc2)nc2ccccc2c1=O. The fourth-order valence-corrected chi connectivity index (χ4v) is 5.18. The van der Waals surface area contributed by atoms with E-state index in [1.54, 1.807) is 49.4 Å². The molecule has 0 saturated carbocycles. The Morgan fingerprint density at radius 2 is 1.68 bits per heavy atom. The molecule has 0 saturated heterocycles. The standard InChI is InChI=1S/C25H24ClN3O4S/c1-4-33-23-12-8-7-11-22(23)29-24(27-21-10-6-5-9-20(21)25(29)30)17(2)28(3)34(31,32)19-15-13-18(26)14-16-19/h5-17H,4H2,1-3H3. The van der Waals surface area contributed by atoms with E-state index >= 15 is 0 Å². The number of nitrogens with zero attached hydrogens (tertiary/aromatic N) is 3. The van der Waals surface area contributed by atoms with Crippen LogP contribution in [0.5, 0.6) is 5.75 Å². The molecule has 0 radical (unpaired) electrons. The van der Waals surface area contributed by atoms with Gasteiger partial charge in [0.25, 0.3) is 5.56 Å². The Morgan fingerprint density at radius 3 is 2.38 bits per heavy atom. The van der Waals surface area contributed by atoms with Gasteiger partial charge in [0.15, 0.2) is 0 Å². The lowest BCUT2D eigenvalue weighted by molar-refractivity contribution is 0.337. The second-order valence-corrected chi connectivity index (χ2v) is 10.1. The minimum Gasteiger partial charge on any atom is -0.492 e. The number of rotatable bonds is 7. The molecule has 34 heavy (non-hydrogen) atoms. The highest BCUT2D eigenvalue weighted by Gasteiger charge is 2.30. The largest absolute Gasteiger partial charge is 0.492 e. The van der Waals surface area contributed by atoms with E-state index in [0.717, 1.165) is 0 Å². The van der Waals surface area contributed by atoms with Gasteiger partial charge < -0.3 is 4.74 Å². The topological polar surface area (TPSA) is 81.5 Å². The summed E-state index contributed by atoms with van der Waals surface area (Å²) in [6.07, 6.45) is 0. The average molecular weight is 498 g/mol. The number of para-hydroxylation sites is 3. The molecule has 9 heteroatoms. The molecule has 1 aromatic heterocycles. The van der Waals surface area contributed by atoms with Crippen molar-refractivity contribution >= 4 is 32.5 Å². The Labute approximate surface area is 203 Å². The lowest BCUT2D eigenvalue weighted by atomic mass is 10.2. The first-order valence-corrected chi connectivity index (χ1v) is 12.5. The monoisotopic (exact) mass is 497 g/mol. The van der Waals surface area contributed by atoms with Gasteiger partial charge in [-0.2, -0.15) is 4.31 Å². The molecule has 1 heterocycles. The van der Waals surface area contributed by atoms with E-state index in [0.29, 0.717) is 34.0 Å². The Balaban J connectivity index is 1.94. The van der Waals surface area contributed by atoms with Gasteiger partial charge in [-0.3, -0.25) is 9.36 Å². The fraction of sp³-hybridized carbons (Fsp3) is 0.200. The third-order valence-corrected chi connectivity index (χ3v) is 7.81. The molecule has 0 aliphatic carbocycles. The van der Waals surface area contributed by atoms with Gasteiger partial charge in [-0.15, -0.1) is 0 Å². The summed E-state index contributed by atoms with van der Waals surface area (Å²) in [4.78, 5) is 18.5. The molecule has 0 fully saturated rings. The van der Waals surface area contributed by atoms with Crippen LogP contribution in [0.3, 0.4) is 0 Å². The number of sulfonamides is 1. The zero-order chi connectivity index (χ0) is 24.5. The second-order valence-electron chi connectivity index (χ2n) is 7.68. The van der Waals surface area contributed by atoms with Crippen molar-refractivity contribution in [2.75, 3.05) is 13.7 Å². The molecule has 0 aliphatic rings. The van der Waals surface area contributed by atoms with Crippen molar-refractivity contribution in [2.45, 2.75) is 24.8 Å². The van der Waals surface area contributed by atoms with Gasteiger partial charge in [-0.25, -0.2) is 13.4 Å². The van der Waals surface area contributed by atoms with E-state index in [4.69, 9.17) is 21.3 Å². The maximum Gasteiger partial charge on any atom is 0.266 e. The molecule has 7 nitrogen and oxygen atoms in total. The predicted octanol–water partition coefficient (Wildman–Crippen LogP) is 4.82. The number of halogens is 1. The highest BCUT2D eigenvalue weighted by molar-refractivity contribution is 7.89. The van der Waals surface area contributed by atoms with Gasteiger partial charge in [0.1, 0.15) is 11.6 Å². The van der Waals surface area contributed by atoms with Crippen molar-refractivity contribution in [3.8, 4) is 11.4 Å². The number of hydrogen-bond acceptors (Lipinski definition) is 5. The molecule has 4 aromatic rings. The van der Waals surface area contributed by atoms with Crippen LogP contribution < -0.4 is 10.3 Å². The zero-order valence-electron chi connectivity index (χ0n) is 19.0. The normalized spacial score (nSPS) is 12.7. The molecule has 1 atom stereocenters. The molecule has 0 spiro atoms. The predicted molar refractivity (Wildman–Crippen MR) is 133 cm³/mol. The van der Waals surface area contributed by atoms with Crippen LogP contribution in [0.2, 0.25) is 5.02 Å². The van der Waals surface area contributed by atoms with E-state index in [1.165, 1.54) is 40.2 Å². The van der Waals surface area contributed by atoms with E-state index in [1.807, 2.05) is 13.0 Å². The number of fused-ring (bicyclic) bond motifs is 1. The first-order valence-electron chi connectivity index (χ1n) is 10.7. The molecule has 0 bridgehead atoms. The lowest BCUT2D eigenvalue weighted by Gasteiger charge is -2.27. The van der Waals surface area contributed by atoms with Crippen LogP contribution in [-0.4, -0.2) is 35.9 Å².